The number of rotatable bonds is 5. The van der Waals surface area contributed by atoms with Gasteiger partial charge in [-0.15, -0.1) is 0 Å². The van der Waals surface area contributed by atoms with Crippen LogP contribution in [-0.4, -0.2) is 56.7 Å². The number of hydrogen-bond donors (Lipinski definition) is 2. The molecule has 16 heavy (non-hydrogen) atoms. The maximum atomic E-state index is 11.8. The largest absolute Gasteiger partial charge is 0.383 e. The number of nitrogens with zero attached hydrogens (tertiary/aromatic N) is 1. The monoisotopic (exact) mass is 229 g/mol. The molecule has 0 aromatic rings. The number of carbonyl (C=O) groups excluding carboxylic acids is 1. The molecule has 0 bridgehead atoms. The van der Waals surface area contributed by atoms with E-state index in [0.29, 0.717) is 13.2 Å². The number of nitrogens with two attached hydrogens (primary N) is 1. The lowest BCUT2D eigenvalue weighted by Gasteiger charge is -2.27. The van der Waals surface area contributed by atoms with Gasteiger partial charge in [0.05, 0.1) is 12.6 Å². The van der Waals surface area contributed by atoms with E-state index in [1.165, 1.54) is 0 Å². The van der Waals surface area contributed by atoms with E-state index in [-0.39, 0.29) is 18.0 Å². The number of methoxy groups -OCH3 is 1. The molecule has 1 rings (SSSR count). The lowest BCUT2D eigenvalue weighted by Crippen LogP contribution is -2.49. The van der Waals surface area contributed by atoms with E-state index in [9.17, 15) is 4.79 Å². The minimum Gasteiger partial charge on any atom is -0.383 e. The van der Waals surface area contributed by atoms with Gasteiger partial charge in [-0.1, -0.05) is 0 Å². The molecule has 5 heteroatoms. The van der Waals surface area contributed by atoms with Crippen molar-refractivity contribution in [2.24, 2.45) is 5.73 Å². The first-order chi connectivity index (χ1) is 7.65. The molecule has 2 unspecified atom stereocenters. The van der Waals surface area contributed by atoms with Crippen LogP contribution in [-0.2, 0) is 9.53 Å². The zero-order chi connectivity index (χ0) is 12.0. The fourth-order valence-electron chi connectivity index (χ4n) is 2.11. The molecular formula is C11H23N3O2. The highest BCUT2D eigenvalue weighted by molar-refractivity contribution is 5.81. The average molecular weight is 229 g/mol. The first-order valence-electron chi connectivity index (χ1n) is 5.87. The van der Waals surface area contributed by atoms with Crippen LogP contribution in [0.3, 0.4) is 0 Å². The van der Waals surface area contributed by atoms with Crippen molar-refractivity contribution in [2.75, 3.05) is 33.9 Å². The maximum Gasteiger partial charge on any atom is 0.237 e. The van der Waals surface area contributed by atoms with E-state index in [0.717, 1.165) is 25.8 Å². The van der Waals surface area contributed by atoms with Crippen molar-refractivity contribution in [3.05, 3.63) is 0 Å². The van der Waals surface area contributed by atoms with Crippen LogP contribution in [0.1, 0.15) is 19.3 Å². The van der Waals surface area contributed by atoms with Crippen molar-refractivity contribution in [1.82, 2.24) is 10.2 Å². The summed E-state index contributed by atoms with van der Waals surface area (Å²) in [6.07, 6.45) is 3.08. The van der Waals surface area contributed by atoms with Crippen molar-refractivity contribution in [2.45, 2.75) is 31.3 Å². The van der Waals surface area contributed by atoms with Crippen molar-refractivity contribution in [3.63, 3.8) is 0 Å². The predicted octanol–water partition coefficient (Wildman–Crippen LogP) is -0.439. The smallest absolute Gasteiger partial charge is 0.237 e. The van der Waals surface area contributed by atoms with E-state index in [1.54, 1.807) is 7.11 Å². The quantitative estimate of drug-likeness (QED) is 0.671. The zero-order valence-electron chi connectivity index (χ0n) is 10.2. The van der Waals surface area contributed by atoms with Crippen LogP contribution < -0.4 is 11.1 Å². The molecule has 0 radical (unpaired) electrons. The minimum atomic E-state index is -0.0367. The molecule has 2 atom stereocenters. The van der Waals surface area contributed by atoms with Crippen LogP contribution in [0.25, 0.3) is 0 Å². The number of hydrogen-bond acceptors (Lipinski definition) is 4. The van der Waals surface area contributed by atoms with E-state index in [1.807, 2.05) is 11.9 Å². The standard InChI is InChI=1S/C11H23N3O2/c1-14(7-9(12)8-16-2)10-5-3-4-6-13-11(10)15/h9-10H,3-8,12H2,1-2H3,(H,13,15). The number of amides is 1. The topological polar surface area (TPSA) is 67.6 Å². The van der Waals surface area contributed by atoms with Gasteiger partial charge < -0.3 is 15.8 Å². The fourth-order valence-corrected chi connectivity index (χ4v) is 2.11. The highest BCUT2D eigenvalue weighted by Gasteiger charge is 2.25. The van der Waals surface area contributed by atoms with Gasteiger partial charge in [0.25, 0.3) is 0 Å². The van der Waals surface area contributed by atoms with E-state index in [4.69, 9.17) is 10.5 Å². The van der Waals surface area contributed by atoms with E-state index < -0.39 is 0 Å². The molecule has 1 saturated heterocycles. The molecule has 1 fully saturated rings. The average Bonchev–Trinajstić information content (AvgIpc) is 2.43. The van der Waals surface area contributed by atoms with E-state index in [2.05, 4.69) is 5.32 Å². The van der Waals surface area contributed by atoms with Gasteiger partial charge >= 0.3 is 0 Å². The Kier molecular flexibility index (Phi) is 5.73. The molecule has 0 saturated carbocycles. The van der Waals surface area contributed by atoms with Gasteiger partial charge in [-0.05, 0) is 26.3 Å². The maximum absolute atomic E-state index is 11.8. The molecule has 3 N–H and O–H groups in total. The Hall–Kier alpha value is -0.650. The first-order valence-corrected chi connectivity index (χ1v) is 5.87. The Balaban J connectivity index is 2.43. The number of ether oxygens (including phenoxy) is 1. The van der Waals surface area contributed by atoms with Crippen molar-refractivity contribution in [3.8, 4) is 0 Å². The van der Waals surface area contributed by atoms with Crippen LogP contribution >= 0.6 is 0 Å². The molecule has 1 aliphatic heterocycles. The lowest BCUT2D eigenvalue weighted by molar-refractivity contribution is -0.125. The Morgan fingerprint density at radius 2 is 2.38 bits per heavy atom. The molecule has 94 valence electrons. The second-order valence-corrected chi connectivity index (χ2v) is 4.46. The third-order valence-corrected chi connectivity index (χ3v) is 2.94. The van der Waals surface area contributed by atoms with Gasteiger partial charge in [-0.25, -0.2) is 0 Å². The van der Waals surface area contributed by atoms with Gasteiger partial charge in [-0.3, -0.25) is 9.69 Å². The van der Waals surface area contributed by atoms with Crippen molar-refractivity contribution in [1.29, 1.82) is 0 Å². The van der Waals surface area contributed by atoms with Gasteiger partial charge in [0, 0.05) is 26.2 Å². The van der Waals surface area contributed by atoms with Gasteiger partial charge in [0.1, 0.15) is 0 Å². The summed E-state index contributed by atoms with van der Waals surface area (Å²) in [5.41, 5.74) is 5.88. The minimum absolute atomic E-state index is 0.0361. The van der Waals surface area contributed by atoms with Gasteiger partial charge in [0.15, 0.2) is 0 Å². The summed E-state index contributed by atoms with van der Waals surface area (Å²) >= 11 is 0. The van der Waals surface area contributed by atoms with E-state index >= 15 is 0 Å². The summed E-state index contributed by atoms with van der Waals surface area (Å²) < 4.78 is 4.99. The number of nitrogens with one attached hydrogen (secondary N) is 1. The Morgan fingerprint density at radius 3 is 3.06 bits per heavy atom. The second kappa shape index (κ2) is 6.83. The van der Waals surface area contributed by atoms with Crippen molar-refractivity contribution >= 4 is 5.91 Å². The molecule has 0 spiro atoms. The molecule has 5 nitrogen and oxygen atoms in total. The predicted molar refractivity (Wildman–Crippen MR) is 63.1 cm³/mol. The highest BCUT2D eigenvalue weighted by atomic mass is 16.5. The summed E-state index contributed by atoms with van der Waals surface area (Å²) in [6.45, 7) is 2.01. The summed E-state index contributed by atoms with van der Waals surface area (Å²) in [7, 11) is 3.59. The fraction of sp³-hybridized carbons (Fsp3) is 0.909. The molecule has 1 amide bonds. The lowest BCUT2D eigenvalue weighted by atomic mass is 10.1. The van der Waals surface area contributed by atoms with Crippen LogP contribution in [0, 0.1) is 0 Å². The molecular weight excluding hydrogens is 206 g/mol. The number of carbonyl (C=O) groups is 1. The zero-order valence-corrected chi connectivity index (χ0v) is 10.2. The van der Waals surface area contributed by atoms with Crippen molar-refractivity contribution < 1.29 is 9.53 Å². The Bertz CT molecular complexity index is 223. The highest BCUT2D eigenvalue weighted by Crippen LogP contribution is 2.11. The summed E-state index contributed by atoms with van der Waals surface area (Å²) in [5, 5.41) is 2.93. The van der Waals surface area contributed by atoms with Crippen LogP contribution in [0.4, 0.5) is 0 Å². The second-order valence-electron chi connectivity index (χ2n) is 4.46. The summed E-state index contributed by atoms with van der Waals surface area (Å²) in [5.74, 6) is 0.129. The van der Waals surface area contributed by atoms with Crippen LogP contribution in [0.15, 0.2) is 0 Å². The first kappa shape index (κ1) is 13.4. The summed E-state index contributed by atoms with van der Waals surface area (Å²) in [6, 6.07) is -0.0727. The van der Waals surface area contributed by atoms with Gasteiger partial charge in [-0.2, -0.15) is 0 Å². The Labute approximate surface area is 97.3 Å². The van der Waals surface area contributed by atoms with Gasteiger partial charge in [0.2, 0.25) is 5.91 Å². The SMILES string of the molecule is COCC(N)CN(C)C1CCCCNC1=O. The Morgan fingerprint density at radius 1 is 1.62 bits per heavy atom. The molecule has 0 aromatic carbocycles. The van der Waals surface area contributed by atoms with Crippen LogP contribution in [0.2, 0.25) is 0 Å². The molecule has 0 aliphatic carbocycles. The normalized spacial score (nSPS) is 24.0. The molecule has 1 aliphatic rings. The molecule has 1 heterocycles. The third-order valence-electron chi connectivity index (χ3n) is 2.94. The molecule has 0 aromatic heterocycles. The summed E-state index contributed by atoms with van der Waals surface area (Å²) in [4.78, 5) is 13.8. The van der Waals surface area contributed by atoms with Crippen LogP contribution in [0.5, 0.6) is 0 Å². The third kappa shape index (κ3) is 4.08. The number of likely N-dealkylation sites (N-methyl/N-ethyl adjacent to an activating group) is 1.